The summed E-state index contributed by atoms with van der Waals surface area (Å²) < 4.78 is 18.9. The van der Waals surface area contributed by atoms with Gasteiger partial charge in [-0.1, -0.05) is 44.2 Å². The summed E-state index contributed by atoms with van der Waals surface area (Å²) in [6.07, 6.45) is 3.19. The van der Waals surface area contributed by atoms with Gasteiger partial charge in [0.1, 0.15) is 11.6 Å². The van der Waals surface area contributed by atoms with Gasteiger partial charge in [-0.3, -0.25) is 9.69 Å². The number of nitrogens with zero attached hydrogens (tertiary/aromatic N) is 2. The quantitative estimate of drug-likeness (QED) is 0.575. The largest absolute Gasteiger partial charge is 0.482 e. The Morgan fingerprint density at radius 3 is 2.49 bits per heavy atom. The van der Waals surface area contributed by atoms with E-state index < -0.39 is 5.97 Å². The van der Waals surface area contributed by atoms with E-state index in [-0.39, 0.29) is 29.8 Å². The highest BCUT2D eigenvalue weighted by molar-refractivity contribution is 5.85. The van der Waals surface area contributed by atoms with Crippen molar-refractivity contribution in [2.75, 3.05) is 26.2 Å². The number of benzene rings is 2. The monoisotopic (exact) mass is 482 g/mol. The molecule has 2 saturated heterocycles. The van der Waals surface area contributed by atoms with Gasteiger partial charge in [0.05, 0.1) is 5.41 Å². The SMILES string of the molecule is CC(C)CN1C(=O)C2(CCN(Cc3ccccc3OCC(=O)O)CC2)C[C@@H]1Cc1ccc(F)cc1. The average Bonchev–Trinajstić information content (AvgIpc) is 3.06. The number of hydrogen-bond donors (Lipinski definition) is 1. The minimum absolute atomic E-state index is 0.132. The zero-order valence-corrected chi connectivity index (χ0v) is 20.6. The second-order valence-corrected chi connectivity index (χ2v) is 10.4. The van der Waals surface area contributed by atoms with Crippen molar-refractivity contribution < 1.29 is 23.8 Å². The second kappa shape index (κ2) is 10.8. The molecule has 0 aromatic heterocycles. The molecule has 1 N–H and O–H groups in total. The van der Waals surface area contributed by atoms with Crippen LogP contribution in [0.3, 0.4) is 0 Å². The summed E-state index contributed by atoms with van der Waals surface area (Å²) in [6, 6.07) is 14.3. The van der Waals surface area contributed by atoms with E-state index in [1.165, 1.54) is 12.1 Å². The van der Waals surface area contributed by atoms with Gasteiger partial charge >= 0.3 is 5.97 Å². The van der Waals surface area contributed by atoms with E-state index in [1.807, 2.05) is 30.3 Å². The molecule has 0 unspecified atom stereocenters. The number of amides is 1. The lowest BCUT2D eigenvalue weighted by atomic mass is 9.75. The van der Waals surface area contributed by atoms with Gasteiger partial charge in [-0.15, -0.1) is 0 Å². The van der Waals surface area contributed by atoms with Crippen molar-refractivity contribution in [1.29, 1.82) is 0 Å². The molecule has 2 fully saturated rings. The number of aliphatic carboxylic acids is 1. The Balaban J connectivity index is 1.43. The number of ether oxygens (including phenoxy) is 1. The van der Waals surface area contributed by atoms with E-state index in [0.717, 1.165) is 56.4 Å². The van der Waals surface area contributed by atoms with Crippen LogP contribution in [0.4, 0.5) is 4.39 Å². The van der Waals surface area contributed by atoms with Crippen molar-refractivity contribution in [1.82, 2.24) is 9.80 Å². The molecule has 0 aliphatic carbocycles. The van der Waals surface area contributed by atoms with Gasteiger partial charge in [0, 0.05) is 24.7 Å². The Morgan fingerprint density at radius 2 is 1.83 bits per heavy atom. The van der Waals surface area contributed by atoms with E-state index in [2.05, 4.69) is 23.6 Å². The van der Waals surface area contributed by atoms with Crippen LogP contribution >= 0.6 is 0 Å². The second-order valence-electron chi connectivity index (χ2n) is 10.4. The van der Waals surface area contributed by atoms with Crippen LogP contribution in [0.1, 0.15) is 44.2 Å². The number of hydrogen-bond acceptors (Lipinski definition) is 4. The van der Waals surface area contributed by atoms with Crippen molar-refractivity contribution in [3.63, 3.8) is 0 Å². The van der Waals surface area contributed by atoms with Crippen LogP contribution in [0.2, 0.25) is 0 Å². The Kier molecular flexibility index (Phi) is 7.75. The van der Waals surface area contributed by atoms with Gasteiger partial charge in [-0.2, -0.15) is 0 Å². The summed E-state index contributed by atoms with van der Waals surface area (Å²) in [7, 11) is 0. The third-order valence-corrected chi connectivity index (χ3v) is 7.26. The van der Waals surface area contributed by atoms with Crippen LogP contribution in [-0.4, -0.2) is 59.1 Å². The van der Waals surface area contributed by atoms with Crippen molar-refractivity contribution >= 4 is 11.9 Å². The number of carboxylic acids is 1. The van der Waals surface area contributed by atoms with Crippen LogP contribution in [0, 0.1) is 17.2 Å². The van der Waals surface area contributed by atoms with Crippen LogP contribution in [0.15, 0.2) is 48.5 Å². The summed E-state index contributed by atoms with van der Waals surface area (Å²) in [5, 5.41) is 8.94. The Labute approximate surface area is 206 Å². The Morgan fingerprint density at radius 1 is 1.14 bits per heavy atom. The summed E-state index contributed by atoms with van der Waals surface area (Å²) in [6.45, 7) is 6.92. The van der Waals surface area contributed by atoms with E-state index in [1.54, 1.807) is 6.07 Å². The van der Waals surface area contributed by atoms with E-state index in [0.29, 0.717) is 18.2 Å². The third-order valence-electron chi connectivity index (χ3n) is 7.26. The first-order valence-electron chi connectivity index (χ1n) is 12.5. The fraction of sp³-hybridized carbons (Fsp3) is 0.500. The molecule has 1 amide bonds. The molecule has 2 heterocycles. The van der Waals surface area contributed by atoms with E-state index >= 15 is 0 Å². The van der Waals surface area contributed by atoms with Crippen molar-refractivity contribution in [2.45, 2.75) is 52.1 Å². The minimum Gasteiger partial charge on any atom is -0.482 e. The van der Waals surface area contributed by atoms with Crippen molar-refractivity contribution in [2.24, 2.45) is 11.3 Å². The summed E-state index contributed by atoms with van der Waals surface area (Å²) >= 11 is 0. The first-order valence-corrected chi connectivity index (χ1v) is 12.5. The van der Waals surface area contributed by atoms with E-state index in [4.69, 9.17) is 9.84 Å². The van der Waals surface area contributed by atoms with Gasteiger partial charge in [0.2, 0.25) is 5.91 Å². The van der Waals surface area contributed by atoms with E-state index in [9.17, 15) is 14.0 Å². The third kappa shape index (κ3) is 6.01. The Bertz CT molecular complexity index is 1030. The minimum atomic E-state index is -0.999. The number of piperidine rings is 1. The average molecular weight is 483 g/mol. The molecule has 2 aromatic rings. The topological polar surface area (TPSA) is 70.1 Å². The first-order chi connectivity index (χ1) is 16.8. The highest BCUT2D eigenvalue weighted by atomic mass is 19.1. The number of para-hydroxylation sites is 1. The standard InChI is InChI=1S/C28H35FN2O4/c1-20(2)17-31-24(15-21-7-9-23(29)10-8-21)16-28(27(31)34)11-13-30(14-12-28)18-22-5-3-4-6-25(22)35-19-26(32)33/h3-10,20,24H,11-19H2,1-2H3,(H,32,33)/t24-/m0/s1. The summed E-state index contributed by atoms with van der Waals surface area (Å²) in [4.78, 5) is 29.0. The molecular weight excluding hydrogens is 447 g/mol. The molecule has 188 valence electrons. The summed E-state index contributed by atoms with van der Waals surface area (Å²) in [5.74, 6) is -0.000341. The maximum Gasteiger partial charge on any atom is 0.341 e. The molecule has 1 atom stereocenters. The van der Waals surface area contributed by atoms with Crippen LogP contribution in [-0.2, 0) is 22.6 Å². The number of carbonyl (C=O) groups excluding carboxylic acids is 1. The molecule has 0 saturated carbocycles. The molecule has 0 bridgehead atoms. The van der Waals surface area contributed by atoms with Gasteiger partial charge in [-0.05, 0) is 68.5 Å². The zero-order chi connectivity index (χ0) is 25.0. The van der Waals surface area contributed by atoms with Gasteiger partial charge in [0.25, 0.3) is 0 Å². The zero-order valence-electron chi connectivity index (χ0n) is 20.6. The lowest BCUT2D eigenvalue weighted by Crippen LogP contribution is -2.45. The predicted molar refractivity (Wildman–Crippen MR) is 132 cm³/mol. The molecule has 2 aliphatic heterocycles. The maximum absolute atomic E-state index is 13.7. The van der Waals surface area contributed by atoms with Gasteiger partial charge in [0.15, 0.2) is 6.61 Å². The first kappa shape index (κ1) is 25.2. The molecule has 7 heteroatoms. The highest BCUT2D eigenvalue weighted by Crippen LogP contribution is 2.46. The molecular formula is C28H35FN2O4. The smallest absolute Gasteiger partial charge is 0.341 e. The fourth-order valence-corrected chi connectivity index (χ4v) is 5.53. The number of rotatable bonds is 9. The normalized spacial score (nSPS) is 20.1. The predicted octanol–water partition coefficient (Wildman–Crippen LogP) is 4.37. The van der Waals surface area contributed by atoms with Crippen LogP contribution < -0.4 is 4.74 Å². The van der Waals surface area contributed by atoms with Crippen LogP contribution in [0.25, 0.3) is 0 Å². The molecule has 2 aliphatic rings. The number of carboxylic acid groups (broad SMARTS) is 1. The maximum atomic E-state index is 13.7. The van der Waals surface area contributed by atoms with Crippen molar-refractivity contribution in [3.8, 4) is 5.75 Å². The lowest BCUT2D eigenvalue weighted by molar-refractivity contribution is -0.140. The molecule has 6 nitrogen and oxygen atoms in total. The number of carbonyl (C=O) groups is 2. The number of likely N-dealkylation sites (tertiary alicyclic amines) is 2. The number of halogens is 1. The molecule has 0 radical (unpaired) electrons. The van der Waals surface area contributed by atoms with Gasteiger partial charge < -0.3 is 14.7 Å². The molecule has 1 spiro atoms. The van der Waals surface area contributed by atoms with Crippen LogP contribution in [0.5, 0.6) is 5.75 Å². The van der Waals surface area contributed by atoms with Crippen molar-refractivity contribution in [3.05, 3.63) is 65.5 Å². The fourth-order valence-electron chi connectivity index (χ4n) is 5.53. The lowest BCUT2D eigenvalue weighted by Gasteiger charge is -2.38. The van der Waals surface area contributed by atoms with Gasteiger partial charge in [-0.25, -0.2) is 9.18 Å². The Hall–Kier alpha value is -2.93. The molecule has 35 heavy (non-hydrogen) atoms. The molecule has 2 aromatic carbocycles. The summed E-state index contributed by atoms with van der Waals surface area (Å²) in [5.41, 5.74) is 1.68. The highest BCUT2D eigenvalue weighted by Gasteiger charge is 2.52. The molecule has 4 rings (SSSR count).